The first-order valence-corrected chi connectivity index (χ1v) is 39.1. The summed E-state index contributed by atoms with van der Waals surface area (Å²) in [5.74, 6) is 1.75. The zero-order valence-corrected chi connectivity index (χ0v) is 72.2. The molecule has 2 saturated heterocycles. The Morgan fingerprint density at radius 2 is 1.04 bits per heavy atom. The molecule has 580 valence electrons. The van der Waals surface area contributed by atoms with Gasteiger partial charge in [0.05, 0.1) is 72.8 Å². The molecule has 4 aromatic rings. The van der Waals surface area contributed by atoms with E-state index in [-0.39, 0.29) is 201 Å². The summed E-state index contributed by atoms with van der Waals surface area (Å²) in [6.07, 6.45) is 17.0. The number of carbonyl (C=O) groups is 8. The van der Waals surface area contributed by atoms with Crippen LogP contribution in [0.4, 0.5) is 9.59 Å². The normalized spacial score (nSPS) is 29.5. The molecule has 6 heterocycles. The molecule has 14 rings (SSSR count). The summed E-state index contributed by atoms with van der Waals surface area (Å²) < 4.78 is 35.7. The summed E-state index contributed by atoms with van der Waals surface area (Å²) in [4.78, 5) is 134. The van der Waals surface area contributed by atoms with Crippen molar-refractivity contribution >= 4 is 69.4 Å². The van der Waals surface area contributed by atoms with E-state index in [1.54, 1.807) is 38.2 Å². The maximum absolute atomic E-state index is 14.6. The molecule has 6 saturated carbocycles. The summed E-state index contributed by atoms with van der Waals surface area (Å²) in [6, 6.07) is 7.42. The van der Waals surface area contributed by atoms with Gasteiger partial charge in [-0.25, -0.2) is 29.5 Å². The topological polar surface area (TPSA) is 323 Å². The van der Waals surface area contributed by atoms with E-state index in [4.69, 9.17) is 53.5 Å². The van der Waals surface area contributed by atoms with Crippen molar-refractivity contribution in [2.24, 2.45) is 57.2 Å². The van der Waals surface area contributed by atoms with Crippen LogP contribution in [0, 0.1) is 57.2 Å². The van der Waals surface area contributed by atoms with E-state index in [1.165, 1.54) is 4.90 Å². The predicted molar refractivity (Wildman–Crippen MR) is 398 cm³/mol. The van der Waals surface area contributed by atoms with E-state index < -0.39 is 76.1 Å². The van der Waals surface area contributed by atoms with E-state index in [2.05, 4.69) is 34.4 Å². The number of methoxy groups -OCH3 is 2. The number of carbonyl (C=O) groups excluding carboxylic acids is 8. The second-order valence-corrected chi connectivity index (χ2v) is 33.8. The molecular formula is C82H110K2N10O15. The summed E-state index contributed by atoms with van der Waals surface area (Å²) in [7, 11) is 3.20. The van der Waals surface area contributed by atoms with Crippen LogP contribution in [-0.2, 0) is 51.1 Å². The van der Waals surface area contributed by atoms with Gasteiger partial charge in [-0.3, -0.25) is 24.0 Å². The minimum Gasteiger partial charge on any atom is -0.855 e. The molecule has 6 aliphatic carbocycles. The first-order chi connectivity index (χ1) is 51.2. The SMILES string of the molecule is C=C[C@@H]1C[C@]1(CC(=O)[C@@H]1C[C@@H]2CN1C(=O)[C@H](C(C)(C)C)NC(=O)O[C@@H]1C[C@H]1CCCCCc1nc3ccc(OC)cc3nc1O2)C(=O)NCC1CC1.C=C[C@@H]1C[C@]1(CC(=O)[C@@H]1C[C@@H]2CN1C(=O)[C@H](C(C)(C)C)NC(=O)O[C@@H]1C[C@H]1CCCCCc1nc3ccc(OC)cc3nc1O2)C(=O)[N-]CC1CC1.CC[O-].[K+].[K+]. The first kappa shape index (κ1) is 86.2. The minimum absolute atomic E-state index is 0. The number of ether oxygens (including phenoxy) is 6. The number of Topliss-reactive ketones (excluding diaryl/α,β-unsaturated/α-hetero) is 2. The van der Waals surface area contributed by atoms with Crippen LogP contribution < -0.4 is 143 Å². The number of ketones is 2. The number of nitrogens with one attached hydrogen (secondary N) is 3. The van der Waals surface area contributed by atoms with Gasteiger partial charge in [-0.2, -0.15) is 0 Å². The molecule has 2 aromatic carbocycles. The fraction of sp³-hybridized carbons (Fsp3) is 0.659. The molecule has 0 radical (unpaired) electrons. The zero-order chi connectivity index (χ0) is 76.3. The van der Waals surface area contributed by atoms with Crippen molar-refractivity contribution in [2.75, 3.05) is 47.0 Å². The smallest absolute Gasteiger partial charge is 0.855 e. The van der Waals surface area contributed by atoms with Crippen LogP contribution in [0.2, 0.25) is 0 Å². The molecule has 109 heavy (non-hydrogen) atoms. The zero-order valence-electron chi connectivity index (χ0n) is 66.0. The average molecular weight is 1550 g/mol. The number of alkyl carbamates (subject to hydrolysis) is 2. The Kier molecular flexibility index (Phi) is 29.2. The number of aromatic nitrogens is 4. The van der Waals surface area contributed by atoms with Crippen molar-refractivity contribution in [3.05, 3.63) is 78.4 Å². The monoisotopic (exact) mass is 1550 g/mol. The van der Waals surface area contributed by atoms with Gasteiger partial charge < -0.3 is 69.4 Å². The van der Waals surface area contributed by atoms with Gasteiger partial charge >= 0.3 is 115 Å². The van der Waals surface area contributed by atoms with E-state index in [1.807, 2.05) is 77.9 Å². The number of fused-ring (bicyclic) bond motifs is 10. The quantitative estimate of drug-likeness (QED) is 0.100. The fourth-order valence-electron chi connectivity index (χ4n) is 16.0. The fourth-order valence-corrected chi connectivity index (χ4v) is 16.0. The van der Waals surface area contributed by atoms with Crippen LogP contribution in [-0.4, -0.2) is 173 Å². The van der Waals surface area contributed by atoms with Crippen molar-refractivity contribution in [2.45, 2.75) is 238 Å². The van der Waals surface area contributed by atoms with Gasteiger partial charge in [0.1, 0.15) is 59.4 Å². The van der Waals surface area contributed by atoms with Crippen molar-refractivity contribution in [1.82, 2.24) is 45.7 Å². The molecule has 4 bridgehead atoms. The van der Waals surface area contributed by atoms with E-state index in [0.29, 0.717) is 96.7 Å². The van der Waals surface area contributed by atoms with Crippen molar-refractivity contribution in [1.29, 1.82) is 0 Å². The van der Waals surface area contributed by atoms with Crippen molar-refractivity contribution < 1.29 is 175 Å². The summed E-state index contributed by atoms with van der Waals surface area (Å²) in [5, 5.41) is 22.1. The van der Waals surface area contributed by atoms with Gasteiger partial charge in [0.2, 0.25) is 29.5 Å². The molecule has 6 amide bonds. The molecule has 8 fully saturated rings. The second kappa shape index (κ2) is 36.9. The number of aryl methyl sites for hydroxylation is 2. The molecule has 10 aliphatic rings. The molecular weight excluding hydrogens is 1440 g/mol. The Hall–Kier alpha value is -5.21. The van der Waals surface area contributed by atoms with Gasteiger partial charge in [0, 0.05) is 49.8 Å². The van der Waals surface area contributed by atoms with Crippen LogP contribution in [0.25, 0.3) is 27.4 Å². The third-order valence-corrected chi connectivity index (χ3v) is 23.3. The van der Waals surface area contributed by atoms with Crippen LogP contribution in [0.3, 0.4) is 0 Å². The van der Waals surface area contributed by atoms with Crippen molar-refractivity contribution in [3.8, 4) is 23.3 Å². The third-order valence-electron chi connectivity index (χ3n) is 23.3. The summed E-state index contributed by atoms with van der Waals surface area (Å²) >= 11 is 0. The van der Waals surface area contributed by atoms with Crippen molar-refractivity contribution in [3.63, 3.8) is 0 Å². The van der Waals surface area contributed by atoms with Gasteiger partial charge in [0.15, 0.2) is 11.6 Å². The van der Waals surface area contributed by atoms with Crippen LogP contribution in [0.5, 0.6) is 23.3 Å². The Labute approximate surface area is 726 Å². The maximum Gasteiger partial charge on any atom is 1.00 e. The largest absolute Gasteiger partial charge is 1.00 e. The minimum atomic E-state index is -0.973. The van der Waals surface area contributed by atoms with Crippen LogP contribution in [0.1, 0.15) is 188 Å². The first-order valence-electron chi connectivity index (χ1n) is 39.1. The van der Waals surface area contributed by atoms with Crippen LogP contribution in [0.15, 0.2) is 61.7 Å². The Morgan fingerprint density at radius 3 is 1.44 bits per heavy atom. The van der Waals surface area contributed by atoms with E-state index in [9.17, 15) is 38.4 Å². The summed E-state index contributed by atoms with van der Waals surface area (Å²) in [6.45, 7) is 22.0. The van der Waals surface area contributed by atoms with Gasteiger partial charge in [-0.15, -0.1) is 26.3 Å². The Bertz CT molecular complexity index is 3760. The van der Waals surface area contributed by atoms with Gasteiger partial charge in [-0.1, -0.05) is 105 Å². The second-order valence-electron chi connectivity index (χ2n) is 33.8. The molecule has 0 unspecified atom stereocenters. The molecule has 14 atom stereocenters. The number of nitrogens with zero attached hydrogens (tertiary/aromatic N) is 7. The average Bonchev–Trinajstić information content (AvgIpc) is 1.58. The molecule has 27 heteroatoms. The molecule has 25 nitrogen and oxygen atoms in total. The number of rotatable bonds is 16. The Morgan fingerprint density at radius 1 is 0.606 bits per heavy atom. The van der Waals surface area contributed by atoms with Gasteiger partial charge in [-0.05, 0) is 142 Å². The van der Waals surface area contributed by atoms with Gasteiger partial charge in [0.25, 0.3) is 0 Å². The number of hydrogen-bond donors (Lipinski definition) is 3. The van der Waals surface area contributed by atoms with E-state index in [0.717, 1.165) is 112 Å². The Balaban J connectivity index is 0.000000220. The standard InChI is InChI=1S/2C40H53N5O7.C2H5O.2K/c2*1-6-25-19-40(25,37(48)41-21-23-12-13-23)20-32(46)31-18-27-22-45(31)36(47)34(39(2,3)4)44-38(49)52-33-16-24(33)10-8-7-9-11-29-35(51-27)43-30-17-26(50-5)14-15-28(30)42-29;1-2-3;;/h6,14-15,17,23-25,27,31,33-34H,1,7-13,16,18-22H2,2-5H3,(H,41,48)(H,44,49);6,14-15,17,23-25,27,31,33-34H,1,7-13,16,18-22H2,2-5H3,(H2,41,44,48,49);2H2,1H3;;/q;;-1;2*+1/p-1/t2*24-,25-,27-,31+,33-,34-,40-;;;/m11.../s1. The predicted octanol–water partition coefficient (Wildman–Crippen LogP) is 4.78. The number of hydrogen-bond acceptors (Lipinski definition) is 19. The molecule has 0 spiro atoms. The number of allylic oxidation sites excluding steroid dienone is 2. The number of benzene rings is 2. The summed E-state index contributed by atoms with van der Waals surface area (Å²) in [5.41, 5.74) is 0.950. The molecule has 4 aliphatic heterocycles. The van der Waals surface area contributed by atoms with E-state index >= 15 is 0 Å². The third kappa shape index (κ3) is 21.4. The maximum atomic E-state index is 14.6. The molecule has 2 aromatic heterocycles. The van der Waals surface area contributed by atoms with Crippen LogP contribution >= 0.6 is 0 Å². The molecule has 3 N–H and O–H groups in total. The number of amides is 6.